The fraction of sp³-hybridized carbons (Fsp3) is 0.250. The second-order valence-corrected chi connectivity index (χ2v) is 2.94. The van der Waals surface area contributed by atoms with Gasteiger partial charge in [0.2, 0.25) is 0 Å². The Balaban J connectivity index is 3.30. The Kier molecular flexibility index (Phi) is 3.58. The molecule has 0 fully saturated rings. The molecule has 0 spiro atoms. The number of rotatable bonds is 3. The first-order chi connectivity index (χ1) is 7.39. The zero-order chi connectivity index (χ0) is 12.3. The average Bonchev–Trinajstić information content (AvgIpc) is 2.18. The third-order valence-corrected chi connectivity index (χ3v) is 1.95. The van der Waals surface area contributed by atoms with Crippen molar-refractivity contribution in [1.82, 2.24) is 4.98 Å². The molecule has 0 radical (unpaired) electrons. The number of carbonyl (C=O) groups is 1. The van der Waals surface area contributed by atoms with Gasteiger partial charge in [0.05, 0.1) is 11.4 Å². The van der Waals surface area contributed by atoms with Gasteiger partial charge in [-0.1, -0.05) is 0 Å². The van der Waals surface area contributed by atoms with Gasteiger partial charge in [-0.25, -0.2) is 0 Å². The summed E-state index contributed by atoms with van der Waals surface area (Å²) in [5, 5.41) is 0. The SMILES string of the molecule is O=Cc1c(CCl)c(OC(F)(F)F)c[nH]c1=O. The molecule has 0 saturated carbocycles. The third-order valence-electron chi connectivity index (χ3n) is 1.68. The molecule has 88 valence electrons. The Morgan fingerprint density at radius 1 is 1.50 bits per heavy atom. The Bertz CT molecular complexity index is 455. The van der Waals surface area contributed by atoms with E-state index in [1.165, 1.54) is 0 Å². The van der Waals surface area contributed by atoms with Crippen molar-refractivity contribution in [2.45, 2.75) is 12.2 Å². The first-order valence-corrected chi connectivity index (χ1v) is 4.44. The summed E-state index contributed by atoms with van der Waals surface area (Å²) in [7, 11) is 0. The molecular weight excluding hydrogens is 251 g/mol. The van der Waals surface area contributed by atoms with E-state index in [2.05, 4.69) is 4.74 Å². The van der Waals surface area contributed by atoms with Gasteiger partial charge in [0.15, 0.2) is 12.0 Å². The van der Waals surface area contributed by atoms with E-state index in [0.717, 1.165) is 0 Å². The number of ether oxygens (including phenoxy) is 1. The summed E-state index contributed by atoms with van der Waals surface area (Å²) in [5.74, 6) is -1.13. The van der Waals surface area contributed by atoms with E-state index >= 15 is 0 Å². The van der Waals surface area contributed by atoms with E-state index in [0.29, 0.717) is 6.20 Å². The zero-order valence-corrected chi connectivity index (χ0v) is 8.35. The Hall–Kier alpha value is -1.50. The molecule has 16 heavy (non-hydrogen) atoms. The Morgan fingerprint density at radius 3 is 2.56 bits per heavy atom. The first kappa shape index (κ1) is 12.6. The largest absolute Gasteiger partial charge is 0.573 e. The highest BCUT2D eigenvalue weighted by Crippen LogP contribution is 2.27. The van der Waals surface area contributed by atoms with Crippen LogP contribution in [0, 0.1) is 0 Å². The quantitative estimate of drug-likeness (QED) is 0.662. The minimum Gasteiger partial charge on any atom is -0.404 e. The Labute approximate surface area is 92.0 Å². The van der Waals surface area contributed by atoms with Crippen molar-refractivity contribution in [3.63, 3.8) is 0 Å². The fourth-order valence-corrected chi connectivity index (χ4v) is 1.32. The van der Waals surface area contributed by atoms with Gasteiger partial charge in [-0.2, -0.15) is 0 Å². The van der Waals surface area contributed by atoms with Crippen molar-refractivity contribution in [3.8, 4) is 5.75 Å². The highest BCUT2D eigenvalue weighted by atomic mass is 35.5. The van der Waals surface area contributed by atoms with Crippen LogP contribution in [-0.2, 0) is 5.88 Å². The molecule has 0 aromatic carbocycles. The molecule has 8 heteroatoms. The van der Waals surface area contributed by atoms with E-state index in [1.54, 1.807) is 0 Å². The average molecular weight is 256 g/mol. The van der Waals surface area contributed by atoms with Gasteiger partial charge in [-0.15, -0.1) is 24.8 Å². The summed E-state index contributed by atoms with van der Waals surface area (Å²) in [6.07, 6.45) is -4.08. The van der Waals surface area contributed by atoms with Crippen LogP contribution in [0.1, 0.15) is 15.9 Å². The number of pyridine rings is 1. The lowest BCUT2D eigenvalue weighted by Gasteiger charge is -2.12. The van der Waals surface area contributed by atoms with E-state index in [1.807, 2.05) is 4.98 Å². The van der Waals surface area contributed by atoms with Crippen LogP contribution < -0.4 is 10.3 Å². The van der Waals surface area contributed by atoms with Crippen molar-refractivity contribution in [1.29, 1.82) is 0 Å². The molecule has 1 aromatic heterocycles. The molecule has 4 nitrogen and oxygen atoms in total. The van der Waals surface area contributed by atoms with Crippen LogP contribution in [0.4, 0.5) is 13.2 Å². The maximum Gasteiger partial charge on any atom is 0.573 e. The smallest absolute Gasteiger partial charge is 0.404 e. The highest BCUT2D eigenvalue weighted by Gasteiger charge is 2.32. The van der Waals surface area contributed by atoms with E-state index in [4.69, 9.17) is 11.6 Å². The maximum absolute atomic E-state index is 11.9. The van der Waals surface area contributed by atoms with Crippen LogP contribution in [-0.4, -0.2) is 17.6 Å². The number of aromatic amines is 1. The number of nitrogens with one attached hydrogen (secondary N) is 1. The minimum atomic E-state index is -4.92. The number of halogens is 4. The third kappa shape index (κ3) is 2.75. The maximum atomic E-state index is 11.9. The number of H-pyrrole nitrogens is 1. The summed E-state index contributed by atoms with van der Waals surface area (Å²) < 4.78 is 39.5. The van der Waals surface area contributed by atoms with Crippen molar-refractivity contribution >= 4 is 17.9 Å². The molecule has 0 atom stereocenters. The number of alkyl halides is 4. The van der Waals surface area contributed by atoms with Gasteiger partial charge >= 0.3 is 6.36 Å². The van der Waals surface area contributed by atoms with Gasteiger partial charge < -0.3 is 9.72 Å². The summed E-state index contributed by atoms with van der Waals surface area (Å²) >= 11 is 5.36. The standard InChI is InChI=1S/C8H5ClF3NO3/c9-1-4-5(3-14)7(15)13-2-6(4)16-8(10,11)12/h2-3H,1H2,(H,13,15). The number of hydrogen-bond donors (Lipinski definition) is 1. The fourth-order valence-electron chi connectivity index (χ4n) is 1.04. The Morgan fingerprint density at radius 2 is 2.12 bits per heavy atom. The van der Waals surface area contributed by atoms with Crippen LogP contribution in [0.5, 0.6) is 5.75 Å². The van der Waals surface area contributed by atoms with Crippen molar-refractivity contribution in [3.05, 3.63) is 27.7 Å². The topological polar surface area (TPSA) is 59.2 Å². The minimum absolute atomic E-state index is 0.125. The molecule has 1 aromatic rings. The van der Waals surface area contributed by atoms with Crippen molar-refractivity contribution in [2.24, 2.45) is 0 Å². The van der Waals surface area contributed by atoms with Crippen molar-refractivity contribution < 1.29 is 22.7 Å². The molecular formula is C8H5ClF3NO3. The first-order valence-electron chi connectivity index (χ1n) is 3.90. The van der Waals surface area contributed by atoms with E-state index in [9.17, 15) is 22.8 Å². The number of carbonyl (C=O) groups excluding carboxylic acids is 1. The zero-order valence-electron chi connectivity index (χ0n) is 7.60. The number of aldehydes is 1. The predicted molar refractivity (Wildman–Crippen MR) is 48.7 cm³/mol. The van der Waals surface area contributed by atoms with Crippen LogP contribution in [0.3, 0.4) is 0 Å². The van der Waals surface area contributed by atoms with Crippen LogP contribution in [0.2, 0.25) is 0 Å². The molecule has 0 saturated heterocycles. The summed E-state index contributed by atoms with van der Waals surface area (Å²) in [6.45, 7) is 0. The summed E-state index contributed by atoms with van der Waals surface area (Å²) in [6, 6.07) is 0. The highest BCUT2D eigenvalue weighted by molar-refractivity contribution is 6.17. The van der Waals surface area contributed by atoms with Crippen LogP contribution >= 0.6 is 11.6 Å². The van der Waals surface area contributed by atoms with Crippen molar-refractivity contribution in [2.75, 3.05) is 0 Å². The predicted octanol–water partition coefficient (Wildman–Crippen LogP) is 1.82. The normalized spacial score (nSPS) is 11.2. The molecule has 1 rings (SSSR count). The number of aromatic nitrogens is 1. The van der Waals surface area contributed by atoms with Gasteiger partial charge in [0.1, 0.15) is 0 Å². The summed E-state index contributed by atoms with van der Waals surface area (Å²) in [5.41, 5.74) is -1.59. The number of hydrogen-bond acceptors (Lipinski definition) is 3. The molecule has 0 aliphatic rings. The lowest BCUT2D eigenvalue weighted by molar-refractivity contribution is -0.275. The molecule has 0 unspecified atom stereocenters. The van der Waals surface area contributed by atoms with Crippen LogP contribution in [0.25, 0.3) is 0 Å². The molecule has 1 N–H and O–H groups in total. The van der Waals surface area contributed by atoms with Crippen LogP contribution in [0.15, 0.2) is 11.0 Å². The van der Waals surface area contributed by atoms with Gasteiger partial charge in [0.25, 0.3) is 5.56 Å². The van der Waals surface area contributed by atoms with Gasteiger partial charge in [0, 0.05) is 11.8 Å². The molecule has 1 heterocycles. The molecule has 0 bridgehead atoms. The lowest BCUT2D eigenvalue weighted by Crippen LogP contribution is -2.21. The second kappa shape index (κ2) is 4.56. The van der Waals surface area contributed by atoms with Gasteiger partial charge in [-0.3, -0.25) is 9.59 Å². The van der Waals surface area contributed by atoms with Gasteiger partial charge in [-0.05, 0) is 0 Å². The molecule has 0 aliphatic carbocycles. The lowest BCUT2D eigenvalue weighted by atomic mass is 10.1. The second-order valence-electron chi connectivity index (χ2n) is 2.67. The van der Waals surface area contributed by atoms with E-state index in [-0.39, 0.29) is 11.8 Å². The molecule has 0 aliphatic heterocycles. The molecule has 0 amide bonds. The van der Waals surface area contributed by atoms with E-state index < -0.39 is 29.1 Å². The summed E-state index contributed by atoms with van der Waals surface area (Å²) in [4.78, 5) is 23.5. The monoisotopic (exact) mass is 255 g/mol.